The van der Waals surface area contributed by atoms with Crippen molar-refractivity contribution < 1.29 is 18.0 Å². The number of carbonyl (C=O) groups is 1. The van der Waals surface area contributed by atoms with Crippen LogP contribution in [0, 0.1) is 0 Å². The number of hydrogen-bond donors (Lipinski definition) is 0. The highest BCUT2D eigenvalue weighted by molar-refractivity contribution is 5.80. The zero-order valence-electron chi connectivity index (χ0n) is 8.81. The Labute approximate surface area is 87.4 Å². The average molecular weight is 223 g/mol. The van der Waals surface area contributed by atoms with Crippen molar-refractivity contribution >= 4 is 5.78 Å². The van der Waals surface area contributed by atoms with Crippen LogP contribution in [0.2, 0.25) is 0 Å². The number of Topliss-reactive ketones (excluding diaryl/α,β-unsaturated/α-hetero) is 1. The molecule has 88 valence electrons. The Bertz CT molecular complexity index is 223. The topological polar surface area (TPSA) is 20.3 Å². The molecular weight excluding hydrogens is 207 g/mol. The molecule has 1 rings (SSSR count). The predicted molar refractivity (Wildman–Crippen MR) is 50.6 cm³/mol. The van der Waals surface area contributed by atoms with Crippen LogP contribution in [0.1, 0.15) is 32.6 Å². The van der Waals surface area contributed by atoms with E-state index in [9.17, 15) is 18.0 Å². The van der Waals surface area contributed by atoms with Crippen LogP contribution in [0.4, 0.5) is 13.2 Å². The Hall–Kier alpha value is -0.580. The van der Waals surface area contributed by atoms with Gasteiger partial charge in [0.1, 0.15) is 5.78 Å². The van der Waals surface area contributed by atoms with Gasteiger partial charge in [-0.05, 0) is 19.3 Å². The van der Waals surface area contributed by atoms with Crippen LogP contribution < -0.4 is 0 Å². The molecule has 0 radical (unpaired) electrons. The average Bonchev–Trinajstić information content (AvgIpc) is 2.82. The second kappa shape index (κ2) is 4.96. The fraction of sp³-hybridized carbons (Fsp3) is 0.900. The number of ketones is 1. The molecule has 0 amide bonds. The van der Waals surface area contributed by atoms with Gasteiger partial charge in [-0.15, -0.1) is 0 Å². The van der Waals surface area contributed by atoms with Gasteiger partial charge in [0.15, 0.2) is 0 Å². The van der Waals surface area contributed by atoms with E-state index in [0.29, 0.717) is 12.8 Å². The SMILES string of the molecule is CCCC(=O)CN(CC(F)(F)F)C1CC1. The van der Waals surface area contributed by atoms with E-state index in [-0.39, 0.29) is 18.4 Å². The third-order valence-corrected chi connectivity index (χ3v) is 2.35. The van der Waals surface area contributed by atoms with E-state index in [1.54, 1.807) is 0 Å². The minimum absolute atomic E-state index is 0.0209. The summed E-state index contributed by atoms with van der Waals surface area (Å²) in [5.41, 5.74) is 0. The van der Waals surface area contributed by atoms with Gasteiger partial charge in [0.05, 0.1) is 13.1 Å². The maximum Gasteiger partial charge on any atom is 0.401 e. The van der Waals surface area contributed by atoms with Gasteiger partial charge >= 0.3 is 6.18 Å². The van der Waals surface area contributed by atoms with Gasteiger partial charge in [-0.25, -0.2) is 0 Å². The molecule has 15 heavy (non-hydrogen) atoms. The van der Waals surface area contributed by atoms with Gasteiger partial charge in [-0.2, -0.15) is 13.2 Å². The van der Waals surface area contributed by atoms with Gasteiger partial charge in [-0.3, -0.25) is 9.69 Å². The largest absolute Gasteiger partial charge is 0.401 e. The van der Waals surface area contributed by atoms with Crippen molar-refractivity contribution in [1.82, 2.24) is 4.90 Å². The van der Waals surface area contributed by atoms with Crippen LogP contribution in [0.5, 0.6) is 0 Å². The van der Waals surface area contributed by atoms with E-state index in [0.717, 1.165) is 12.8 Å². The van der Waals surface area contributed by atoms with E-state index in [1.165, 1.54) is 4.90 Å². The fourth-order valence-corrected chi connectivity index (χ4v) is 1.57. The fourth-order valence-electron chi connectivity index (χ4n) is 1.57. The Morgan fingerprint density at radius 3 is 2.40 bits per heavy atom. The monoisotopic (exact) mass is 223 g/mol. The van der Waals surface area contributed by atoms with E-state index < -0.39 is 12.7 Å². The summed E-state index contributed by atoms with van der Waals surface area (Å²) in [7, 11) is 0. The second-order valence-electron chi connectivity index (χ2n) is 4.04. The lowest BCUT2D eigenvalue weighted by Crippen LogP contribution is -2.39. The maximum atomic E-state index is 12.2. The summed E-state index contributed by atoms with van der Waals surface area (Å²) in [5, 5.41) is 0. The molecule has 0 aromatic carbocycles. The minimum atomic E-state index is -4.20. The molecule has 1 aliphatic rings. The van der Waals surface area contributed by atoms with Crippen molar-refractivity contribution in [2.45, 2.75) is 44.8 Å². The third-order valence-electron chi connectivity index (χ3n) is 2.35. The number of rotatable bonds is 6. The Morgan fingerprint density at radius 1 is 1.40 bits per heavy atom. The van der Waals surface area contributed by atoms with Crippen molar-refractivity contribution in [3.8, 4) is 0 Å². The minimum Gasteiger partial charge on any atom is -0.298 e. The number of hydrogen-bond acceptors (Lipinski definition) is 2. The number of nitrogens with zero attached hydrogens (tertiary/aromatic N) is 1. The molecule has 0 aromatic heterocycles. The summed E-state index contributed by atoms with van der Waals surface area (Å²) in [4.78, 5) is 12.5. The standard InChI is InChI=1S/C10H16F3NO/c1-2-3-9(15)6-14(8-4-5-8)7-10(11,12)13/h8H,2-7H2,1H3. The molecule has 2 nitrogen and oxygen atoms in total. The summed E-state index contributed by atoms with van der Waals surface area (Å²) in [6.45, 7) is 0.855. The van der Waals surface area contributed by atoms with Gasteiger partial charge in [0.2, 0.25) is 0 Å². The highest BCUT2D eigenvalue weighted by atomic mass is 19.4. The van der Waals surface area contributed by atoms with Crippen LogP contribution >= 0.6 is 0 Å². The van der Waals surface area contributed by atoms with E-state index in [1.807, 2.05) is 6.92 Å². The van der Waals surface area contributed by atoms with Crippen LogP contribution in [-0.2, 0) is 4.79 Å². The molecular formula is C10H16F3NO. The molecule has 0 aliphatic heterocycles. The molecule has 0 heterocycles. The van der Waals surface area contributed by atoms with E-state index in [4.69, 9.17) is 0 Å². The van der Waals surface area contributed by atoms with Gasteiger partial charge in [-0.1, -0.05) is 6.92 Å². The predicted octanol–water partition coefficient (Wildman–Crippen LogP) is 2.38. The van der Waals surface area contributed by atoms with Crippen molar-refractivity contribution in [2.75, 3.05) is 13.1 Å². The molecule has 0 spiro atoms. The zero-order chi connectivity index (χ0) is 11.5. The van der Waals surface area contributed by atoms with Crippen molar-refractivity contribution in [2.24, 2.45) is 0 Å². The summed E-state index contributed by atoms with van der Waals surface area (Å²) < 4.78 is 36.5. The smallest absolute Gasteiger partial charge is 0.298 e. The number of halogens is 3. The number of alkyl halides is 3. The zero-order valence-corrected chi connectivity index (χ0v) is 8.81. The number of carbonyl (C=O) groups excluding carboxylic acids is 1. The van der Waals surface area contributed by atoms with Gasteiger partial charge < -0.3 is 0 Å². The van der Waals surface area contributed by atoms with Crippen molar-refractivity contribution in [3.63, 3.8) is 0 Å². The quantitative estimate of drug-likeness (QED) is 0.689. The van der Waals surface area contributed by atoms with Crippen LogP contribution in [0.25, 0.3) is 0 Å². The lowest BCUT2D eigenvalue weighted by atomic mass is 10.2. The third kappa shape index (κ3) is 5.16. The first-order chi connectivity index (χ1) is 6.92. The summed E-state index contributed by atoms with van der Waals surface area (Å²) in [5.74, 6) is -0.0892. The van der Waals surface area contributed by atoms with Crippen LogP contribution in [0.3, 0.4) is 0 Å². The highest BCUT2D eigenvalue weighted by Gasteiger charge is 2.38. The molecule has 1 saturated carbocycles. The van der Waals surface area contributed by atoms with E-state index >= 15 is 0 Å². The Kier molecular flexibility index (Phi) is 4.13. The summed E-state index contributed by atoms with van der Waals surface area (Å²) in [6, 6.07) is -0.0209. The second-order valence-corrected chi connectivity index (χ2v) is 4.04. The molecule has 0 unspecified atom stereocenters. The van der Waals surface area contributed by atoms with Crippen LogP contribution in [0.15, 0.2) is 0 Å². The van der Waals surface area contributed by atoms with Gasteiger partial charge in [0.25, 0.3) is 0 Å². The molecule has 0 saturated heterocycles. The molecule has 0 N–H and O–H groups in total. The lowest BCUT2D eigenvalue weighted by Gasteiger charge is -2.22. The molecule has 5 heteroatoms. The first kappa shape index (κ1) is 12.5. The highest BCUT2D eigenvalue weighted by Crippen LogP contribution is 2.29. The Balaban J connectivity index is 2.40. The van der Waals surface area contributed by atoms with Crippen molar-refractivity contribution in [1.29, 1.82) is 0 Å². The maximum absolute atomic E-state index is 12.2. The molecule has 1 aliphatic carbocycles. The Morgan fingerprint density at radius 2 is 2.00 bits per heavy atom. The normalized spacial score (nSPS) is 17.1. The molecule has 0 bridgehead atoms. The molecule has 0 aromatic rings. The summed E-state index contributed by atoms with van der Waals surface area (Å²) in [6.07, 6.45) is -1.55. The molecule has 1 fully saturated rings. The van der Waals surface area contributed by atoms with Gasteiger partial charge in [0, 0.05) is 12.5 Å². The van der Waals surface area contributed by atoms with Crippen LogP contribution in [-0.4, -0.2) is 36.0 Å². The first-order valence-corrected chi connectivity index (χ1v) is 5.25. The van der Waals surface area contributed by atoms with E-state index in [2.05, 4.69) is 0 Å². The summed E-state index contributed by atoms with van der Waals surface area (Å²) >= 11 is 0. The lowest BCUT2D eigenvalue weighted by molar-refractivity contribution is -0.149. The van der Waals surface area contributed by atoms with Crippen molar-refractivity contribution in [3.05, 3.63) is 0 Å². The molecule has 0 atom stereocenters. The first-order valence-electron chi connectivity index (χ1n) is 5.25.